The molecule has 0 fully saturated rings. The van der Waals surface area contributed by atoms with E-state index in [1.165, 1.54) is 18.5 Å². The standard InChI is InChI=1S/C22H27BrF3N5O2Si/c1-21(2,3)34(4,5)33-10-15-17(23)16(18-19(27)29-12-30-31(15)18)13-6-8-14(9-7-13)20(32)28-11-22(24,25)26/h6-9,12H,10-11H2,1-5H3,(H,28,32)(H2,27,29,30). The Morgan fingerprint density at radius 1 is 1.21 bits per heavy atom. The number of carbonyl (C=O) groups is 1. The number of nitrogen functional groups attached to an aromatic ring is 1. The van der Waals surface area contributed by atoms with Crippen LogP contribution in [0.15, 0.2) is 35.1 Å². The molecule has 0 bridgehead atoms. The molecule has 7 nitrogen and oxygen atoms in total. The fourth-order valence-electron chi connectivity index (χ4n) is 3.07. The largest absolute Gasteiger partial charge is 0.411 e. The zero-order valence-electron chi connectivity index (χ0n) is 19.5. The highest BCUT2D eigenvalue weighted by atomic mass is 79.9. The molecule has 0 aliphatic carbocycles. The summed E-state index contributed by atoms with van der Waals surface area (Å²) in [6.07, 6.45) is -3.12. The molecule has 184 valence electrons. The smallest absolute Gasteiger partial charge is 0.405 e. The van der Waals surface area contributed by atoms with E-state index in [9.17, 15) is 18.0 Å². The van der Waals surface area contributed by atoms with Crippen LogP contribution in [0.5, 0.6) is 0 Å². The molecule has 1 amide bonds. The zero-order valence-corrected chi connectivity index (χ0v) is 22.1. The number of nitrogens with two attached hydrogens (primary N) is 1. The number of amides is 1. The van der Waals surface area contributed by atoms with Crippen molar-refractivity contribution >= 4 is 41.5 Å². The van der Waals surface area contributed by atoms with Gasteiger partial charge in [-0.15, -0.1) is 0 Å². The predicted octanol–water partition coefficient (Wildman–Crippen LogP) is 5.55. The lowest BCUT2D eigenvalue weighted by Crippen LogP contribution is -2.40. The molecule has 0 aliphatic rings. The molecule has 0 atom stereocenters. The first-order chi connectivity index (χ1) is 15.6. The lowest BCUT2D eigenvalue weighted by atomic mass is 10.0. The molecule has 12 heteroatoms. The Morgan fingerprint density at radius 2 is 1.82 bits per heavy atom. The Hall–Kier alpha value is -2.44. The maximum absolute atomic E-state index is 12.4. The molecule has 3 rings (SSSR count). The van der Waals surface area contributed by atoms with E-state index in [1.54, 1.807) is 16.6 Å². The van der Waals surface area contributed by atoms with Gasteiger partial charge in [0.2, 0.25) is 0 Å². The molecule has 0 unspecified atom stereocenters. The molecule has 0 saturated heterocycles. The zero-order chi connectivity index (χ0) is 25.5. The van der Waals surface area contributed by atoms with Gasteiger partial charge >= 0.3 is 6.18 Å². The first-order valence-electron chi connectivity index (χ1n) is 10.5. The minimum atomic E-state index is -4.48. The molecule has 0 radical (unpaired) electrons. The van der Waals surface area contributed by atoms with E-state index in [2.05, 4.69) is 59.9 Å². The highest BCUT2D eigenvalue weighted by Crippen LogP contribution is 2.41. The SMILES string of the molecule is CC(C)(C)[Si](C)(C)OCc1c(Br)c(-c2ccc(C(=O)NCC(F)(F)F)cc2)c2c(N)ncnn12. The first kappa shape index (κ1) is 26.2. The minimum absolute atomic E-state index is 0.0197. The molecule has 0 spiro atoms. The summed E-state index contributed by atoms with van der Waals surface area (Å²) in [7, 11) is -2.06. The van der Waals surface area contributed by atoms with Gasteiger partial charge in [-0.3, -0.25) is 4.79 Å². The third-order valence-corrected chi connectivity index (χ3v) is 11.4. The van der Waals surface area contributed by atoms with Gasteiger partial charge in [-0.2, -0.15) is 18.3 Å². The number of nitrogens with zero attached hydrogens (tertiary/aromatic N) is 3. The van der Waals surface area contributed by atoms with Crippen molar-refractivity contribution in [3.63, 3.8) is 0 Å². The van der Waals surface area contributed by atoms with Crippen LogP contribution in [0.1, 0.15) is 36.8 Å². The average Bonchev–Trinajstić information content (AvgIpc) is 3.02. The van der Waals surface area contributed by atoms with Crippen molar-refractivity contribution in [3.05, 3.63) is 46.3 Å². The molecule has 0 saturated carbocycles. The second kappa shape index (κ2) is 9.31. The van der Waals surface area contributed by atoms with Crippen LogP contribution in [0.4, 0.5) is 19.0 Å². The molecule has 1 aromatic carbocycles. The molecular formula is C22H27BrF3N5O2Si. The van der Waals surface area contributed by atoms with E-state index in [0.29, 0.717) is 27.7 Å². The van der Waals surface area contributed by atoms with Gasteiger partial charge in [-0.25, -0.2) is 9.50 Å². The van der Waals surface area contributed by atoms with Crippen LogP contribution in [-0.2, 0) is 11.0 Å². The summed E-state index contributed by atoms with van der Waals surface area (Å²) in [5, 5.41) is 6.25. The quantitative estimate of drug-likeness (QED) is 0.387. The van der Waals surface area contributed by atoms with Crippen LogP contribution in [-0.4, -0.2) is 41.5 Å². The molecule has 3 N–H and O–H groups in total. The summed E-state index contributed by atoms with van der Waals surface area (Å²) >= 11 is 3.66. The number of hydrogen-bond donors (Lipinski definition) is 2. The topological polar surface area (TPSA) is 94.5 Å². The lowest BCUT2D eigenvalue weighted by Gasteiger charge is -2.36. The summed E-state index contributed by atoms with van der Waals surface area (Å²) in [6.45, 7) is 9.68. The van der Waals surface area contributed by atoms with Gasteiger partial charge in [-0.1, -0.05) is 32.9 Å². The highest BCUT2D eigenvalue weighted by Gasteiger charge is 2.37. The molecule has 2 heterocycles. The lowest BCUT2D eigenvalue weighted by molar-refractivity contribution is -0.123. The summed E-state index contributed by atoms with van der Waals surface area (Å²) in [5.41, 5.74) is 9.02. The van der Waals surface area contributed by atoms with Gasteiger partial charge < -0.3 is 15.5 Å². The van der Waals surface area contributed by atoms with Crippen molar-refractivity contribution in [1.82, 2.24) is 19.9 Å². The molecule has 3 aromatic rings. The van der Waals surface area contributed by atoms with E-state index in [1.807, 2.05) is 5.32 Å². The number of fused-ring (bicyclic) bond motifs is 1. The van der Waals surface area contributed by atoms with Crippen molar-refractivity contribution < 1.29 is 22.4 Å². The first-order valence-corrected chi connectivity index (χ1v) is 14.2. The van der Waals surface area contributed by atoms with E-state index in [4.69, 9.17) is 10.2 Å². The molecular weight excluding hydrogens is 531 g/mol. The maximum atomic E-state index is 12.4. The van der Waals surface area contributed by atoms with Crippen LogP contribution in [0.2, 0.25) is 18.1 Å². The number of benzene rings is 1. The number of rotatable bonds is 6. The van der Waals surface area contributed by atoms with Gasteiger partial charge in [-0.05, 0) is 51.8 Å². The summed E-state index contributed by atoms with van der Waals surface area (Å²) in [5.74, 6) is -0.549. The summed E-state index contributed by atoms with van der Waals surface area (Å²) in [4.78, 5) is 16.2. The van der Waals surface area contributed by atoms with Crippen molar-refractivity contribution in [2.45, 2.75) is 51.7 Å². The summed E-state index contributed by atoms with van der Waals surface area (Å²) < 4.78 is 46.0. The van der Waals surface area contributed by atoms with E-state index in [0.717, 1.165) is 5.69 Å². The van der Waals surface area contributed by atoms with Crippen molar-refractivity contribution in [2.24, 2.45) is 0 Å². The van der Waals surface area contributed by atoms with Crippen molar-refractivity contribution in [3.8, 4) is 11.1 Å². The normalized spacial score (nSPS) is 12.9. The minimum Gasteiger partial charge on any atom is -0.411 e. The van der Waals surface area contributed by atoms with Gasteiger partial charge in [0, 0.05) is 11.1 Å². The highest BCUT2D eigenvalue weighted by molar-refractivity contribution is 9.10. The van der Waals surface area contributed by atoms with E-state index < -0.39 is 26.9 Å². The Morgan fingerprint density at radius 3 is 2.38 bits per heavy atom. The Kier molecular flexibility index (Phi) is 7.16. The molecule has 2 aromatic heterocycles. The molecule has 0 aliphatic heterocycles. The van der Waals surface area contributed by atoms with Gasteiger partial charge in [0.1, 0.15) is 18.4 Å². The number of anilines is 1. The van der Waals surface area contributed by atoms with Gasteiger partial charge in [0.15, 0.2) is 14.1 Å². The molecule has 34 heavy (non-hydrogen) atoms. The van der Waals surface area contributed by atoms with Crippen molar-refractivity contribution in [1.29, 1.82) is 0 Å². The van der Waals surface area contributed by atoms with Crippen LogP contribution in [0, 0.1) is 0 Å². The fraction of sp³-hybridized carbons (Fsp3) is 0.409. The predicted molar refractivity (Wildman–Crippen MR) is 131 cm³/mol. The Labute approximate surface area is 205 Å². The van der Waals surface area contributed by atoms with E-state index >= 15 is 0 Å². The second-order valence-corrected chi connectivity index (χ2v) is 15.1. The Balaban J connectivity index is 1.99. The van der Waals surface area contributed by atoms with Crippen molar-refractivity contribution in [2.75, 3.05) is 12.3 Å². The average molecular weight is 558 g/mol. The van der Waals surface area contributed by atoms with Crippen LogP contribution in [0.25, 0.3) is 16.6 Å². The third-order valence-electron chi connectivity index (χ3n) is 6.04. The number of alkyl halides is 3. The van der Waals surface area contributed by atoms with Gasteiger partial charge in [0.25, 0.3) is 5.91 Å². The van der Waals surface area contributed by atoms with Crippen LogP contribution in [0.3, 0.4) is 0 Å². The number of aromatic nitrogens is 3. The number of halogens is 4. The third kappa shape index (κ3) is 5.44. The second-order valence-electron chi connectivity index (χ2n) is 9.47. The maximum Gasteiger partial charge on any atom is 0.405 e. The van der Waals surface area contributed by atoms with Crippen LogP contribution < -0.4 is 11.1 Å². The number of hydrogen-bond acceptors (Lipinski definition) is 5. The summed E-state index contributed by atoms with van der Waals surface area (Å²) in [6, 6.07) is 6.21. The Bertz CT molecular complexity index is 1200. The number of nitrogens with one attached hydrogen (secondary N) is 1. The van der Waals surface area contributed by atoms with E-state index in [-0.39, 0.29) is 16.4 Å². The monoisotopic (exact) mass is 557 g/mol. The van der Waals surface area contributed by atoms with Crippen LogP contribution >= 0.6 is 15.9 Å². The number of carbonyl (C=O) groups excluding carboxylic acids is 1. The fourth-order valence-corrected chi connectivity index (χ4v) is 4.70. The van der Waals surface area contributed by atoms with Gasteiger partial charge in [0.05, 0.1) is 16.8 Å².